The quantitative estimate of drug-likeness (QED) is 0.687. The third-order valence-corrected chi connectivity index (χ3v) is 6.06. The molecule has 0 aromatic heterocycles. The molecule has 0 saturated heterocycles. The molecular formula is C14H20O2. The Bertz CT molecular complexity index is 371. The van der Waals surface area contributed by atoms with Crippen LogP contribution in [-0.2, 0) is 4.74 Å². The van der Waals surface area contributed by atoms with Gasteiger partial charge in [0.1, 0.15) is 0 Å². The molecular weight excluding hydrogens is 200 g/mol. The van der Waals surface area contributed by atoms with E-state index in [2.05, 4.69) is 6.08 Å². The predicted molar refractivity (Wildman–Crippen MR) is 60.9 cm³/mol. The number of ether oxygens (including phenoxy) is 1. The maximum Gasteiger partial charge on any atom is 0.0920 e. The minimum absolute atomic E-state index is 0.0992. The summed E-state index contributed by atoms with van der Waals surface area (Å²) in [6.07, 6.45) is 9.39. The summed E-state index contributed by atoms with van der Waals surface area (Å²) in [5.41, 5.74) is 1.04. The van der Waals surface area contributed by atoms with Crippen molar-refractivity contribution >= 4 is 0 Å². The highest BCUT2D eigenvalue weighted by molar-refractivity contribution is 5.38. The second kappa shape index (κ2) is 2.73. The molecule has 1 N–H and O–H groups in total. The fourth-order valence-electron chi connectivity index (χ4n) is 5.10. The number of rotatable bonds is 1. The van der Waals surface area contributed by atoms with Gasteiger partial charge in [-0.25, -0.2) is 0 Å². The van der Waals surface area contributed by atoms with Crippen LogP contribution in [0.25, 0.3) is 0 Å². The van der Waals surface area contributed by atoms with Crippen LogP contribution < -0.4 is 0 Å². The average Bonchev–Trinajstić information content (AvgIpc) is 2.72. The first-order chi connectivity index (χ1) is 7.71. The summed E-state index contributed by atoms with van der Waals surface area (Å²) in [6.45, 7) is 0. The molecule has 3 fully saturated rings. The van der Waals surface area contributed by atoms with E-state index in [9.17, 15) is 5.11 Å². The normalized spacial score (nSPS) is 57.6. The summed E-state index contributed by atoms with van der Waals surface area (Å²) in [5, 5.41) is 11.0. The molecule has 3 saturated carbocycles. The molecule has 5 atom stereocenters. The standard InChI is InChI=1S/C14H20O2/c1-16-13-7-6-11(13)12-5-4-9-2-3-10(8-13)14(9,12)15/h5,9-11,15H,2-4,6-8H2,1H3/t9-,10+,11-,13-,14-/m1/s1. The molecule has 0 aromatic rings. The van der Waals surface area contributed by atoms with Gasteiger partial charge in [-0.1, -0.05) is 6.08 Å². The molecule has 0 spiro atoms. The molecule has 4 rings (SSSR count). The van der Waals surface area contributed by atoms with Gasteiger partial charge in [-0.2, -0.15) is 0 Å². The zero-order valence-electron chi connectivity index (χ0n) is 9.91. The molecule has 0 amide bonds. The Balaban J connectivity index is 1.81. The van der Waals surface area contributed by atoms with E-state index in [-0.39, 0.29) is 5.60 Å². The Morgan fingerprint density at radius 3 is 2.81 bits per heavy atom. The Labute approximate surface area is 96.7 Å². The Kier molecular flexibility index (Phi) is 1.65. The van der Waals surface area contributed by atoms with Gasteiger partial charge in [0.25, 0.3) is 0 Å². The minimum atomic E-state index is -0.423. The van der Waals surface area contributed by atoms with Gasteiger partial charge >= 0.3 is 0 Å². The smallest absolute Gasteiger partial charge is 0.0920 e. The van der Waals surface area contributed by atoms with Gasteiger partial charge in [0.05, 0.1) is 11.2 Å². The van der Waals surface area contributed by atoms with E-state index < -0.39 is 5.60 Å². The maximum atomic E-state index is 11.0. The Morgan fingerprint density at radius 2 is 2.12 bits per heavy atom. The van der Waals surface area contributed by atoms with Crippen molar-refractivity contribution in [1.82, 2.24) is 0 Å². The summed E-state index contributed by atoms with van der Waals surface area (Å²) in [4.78, 5) is 0. The van der Waals surface area contributed by atoms with E-state index in [1.807, 2.05) is 7.11 Å². The summed E-state index contributed by atoms with van der Waals surface area (Å²) in [6, 6.07) is 0. The lowest BCUT2D eigenvalue weighted by Crippen LogP contribution is -2.61. The number of allylic oxidation sites excluding steroid dienone is 1. The zero-order chi connectivity index (χ0) is 11.0. The van der Waals surface area contributed by atoms with Crippen molar-refractivity contribution in [2.24, 2.45) is 17.8 Å². The first-order valence-corrected chi connectivity index (χ1v) is 6.69. The molecule has 0 aliphatic heterocycles. The highest BCUT2D eigenvalue weighted by Gasteiger charge is 2.66. The molecule has 4 aliphatic rings. The third kappa shape index (κ3) is 0.820. The van der Waals surface area contributed by atoms with E-state index in [0.29, 0.717) is 17.8 Å². The summed E-state index contributed by atoms with van der Waals surface area (Å²) in [7, 11) is 1.86. The van der Waals surface area contributed by atoms with E-state index >= 15 is 0 Å². The third-order valence-electron chi connectivity index (χ3n) is 6.06. The van der Waals surface area contributed by atoms with Crippen LogP contribution in [0.4, 0.5) is 0 Å². The van der Waals surface area contributed by atoms with Gasteiger partial charge in [-0.3, -0.25) is 0 Å². The van der Waals surface area contributed by atoms with Crippen LogP contribution in [-0.4, -0.2) is 23.4 Å². The molecule has 0 aromatic carbocycles. The zero-order valence-corrected chi connectivity index (χ0v) is 9.91. The number of methoxy groups -OCH3 is 1. The lowest BCUT2D eigenvalue weighted by molar-refractivity contribution is -0.175. The molecule has 0 heterocycles. The van der Waals surface area contributed by atoms with Gasteiger partial charge in [0.2, 0.25) is 0 Å². The van der Waals surface area contributed by atoms with Crippen LogP contribution >= 0.6 is 0 Å². The van der Waals surface area contributed by atoms with Gasteiger partial charge in [-0.15, -0.1) is 0 Å². The van der Waals surface area contributed by atoms with Crippen molar-refractivity contribution in [3.8, 4) is 0 Å². The van der Waals surface area contributed by atoms with Crippen LogP contribution in [0.2, 0.25) is 0 Å². The van der Waals surface area contributed by atoms with Crippen molar-refractivity contribution in [2.45, 2.75) is 49.7 Å². The molecule has 2 heteroatoms. The van der Waals surface area contributed by atoms with Crippen LogP contribution in [0.1, 0.15) is 38.5 Å². The topological polar surface area (TPSA) is 29.5 Å². The first-order valence-electron chi connectivity index (χ1n) is 6.69. The van der Waals surface area contributed by atoms with Crippen LogP contribution in [0.3, 0.4) is 0 Å². The fraction of sp³-hybridized carbons (Fsp3) is 0.857. The number of hydrogen-bond acceptors (Lipinski definition) is 2. The maximum absolute atomic E-state index is 11.0. The SMILES string of the molecule is CO[C@@]12CC[C@@H]1C1=CC[C@H]3CC[C@@H](C2)[C@@]13O. The summed E-state index contributed by atoms with van der Waals surface area (Å²) >= 11 is 0. The van der Waals surface area contributed by atoms with Crippen molar-refractivity contribution in [2.75, 3.05) is 7.11 Å². The minimum Gasteiger partial charge on any atom is -0.385 e. The van der Waals surface area contributed by atoms with Crippen LogP contribution in [0.5, 0.6) is 0 Å². The average molecular weight is 220 g/mol. The van der Waals surface area contributed by atoms with E-state index in [4.69, 9.17) is 4.74 Å². The van der Waals surface area contributed by atoms with Crippen molar-refractivity contribution in [3.63, 3.8) is 0 Å². The molecule has 0 unspecified atom stereocenters. The summed E-state index contributed by atoms with van der Waals surface area (Å²) < 4.78 is 5.83. The van der Waals surface area contributed by atoms with Crippen LogP contribution in [0, 0.1) is 17.8 Å². The lowest BCUT2D eigenvalue weighted by Gasteiger charge is -2.58. The van der Waals surface area contributed by atoms with Crippen molar-refractivity contribution in [1.29, 1.82) is 0 Å². The van der Waals surface area contributed by atoms with Crippen molar-refractivity contribution < 1.29 is 9.84 Å². The van der Waals surface area contributed by atoms with Gasteiger partial charge in [0.15, 0.2) is 0 Å². The summed E-state index contributed by atoms with van der Waals surface area (Å²) in [5.74, 6) is 1.53. The molecule has 0 radical (unpaired) electrons. The van der Waals surface area contributed by atoms with Gasteiger partial charge in [0, 0.05) is 13.0 Å². The molecule has 2 nitrogen and oxygen atoms in total. The number of aliphatic hydroxyl groups is 1. The highest BCUT2D eigenvalue weighted by Crippen LogP contribution is 2.66. The van der Waals surface area contributed by atoms with Gasteiger partial charge in [-0.05, 0) is 55.9 Å². The largest absolute Gasteiger partial charge is 0.385 e. The van der Waals surface area contributed by atoms with Gasteiger partial charge < -0.3 is 9.84 Å². The predicted octanol–water partition coefficient (Wildman–Crippen LogP) is 2.27. The van der Waals surface area contributed by atoms with E-state index in [0.717, 1.165) is 12.8 Å². The first kappa shape index (κ1) is 9.67. The van der Waals surface area contributed by atoms with Crippen molar-refractivity contribution in [3.05, 3.63) is 11.6 Å². The molecule has 88 valence electrons. The van der Waals surface area contributed by atoms with E-state index in [1.54, 1.807) is 0 Å². The molecule has 0 bridgehead atoms. The highest BCUT2D eigenvalue weighted by atomic mass is 16.5. The molecule has 4 aliphatic carbocycles. The van der Waals surface area contributed by atoms with E-state index in [1.165, 1.54) is 31.3 Å². The lowest BCUT2D eigenvalue weighted by atomic mass is 9.53. The monoisotopic (exact) mass is 220 g/mol. The fourth-order valence-corrected chi connectivity index (χ4v) is 5.10. The Hall–Kier alpha value is -0.340. The van der Waals surface area contributed by atoms with Crippen LogP contribution in [0.15, 0.2) is 11.6 Å². The molecule has 16 heavy (non-hydrogen) atoms. The Morgan fingerprint density at radius 1 is 1.31 bits per heavy atom. The number of hydrogen-bond donors (Lipinski definition) is 1. The number of fused-ring (bicyclic) bond motifs is 2. The second-order valence-corrected chi connectivity index (χ2v) is 6.26. The second-order valence-electron chi connectivity index (χ2n) is 6.26.